The van der Waals surface area contributed by atoms with Gasteiger partial charge in [0.05, 0.1) is 6.54 Å². The molecule has 0 heterocycles. The number of hydrogen-bond acceptors (Lipinski definition) is 2. The van der Waals surface area contributed by atoms with Crippen molar-refractivity contribution >= 4 is 11.9 Å². The zero-order chi connectivity index (χ0) is 11.7. The quantitative estimate of drug-likeness (QED) is 0.226. The van der Waals surface area contributed by atoms with Crippen LogP contribution in [0.1, 0.15) is 13.8 Å². The predicted molar refractivity (Wildman–Crippen MR) is 63.6 cm³/mol. The fourth-order valence-electron chi connectivity index (χ4n) is 1.02. The van der Waals surface area contributed by atoms with Crippen LogP contribution in [0, 0.1) is 5.41 Å². The number of hydrazine groups is 1. The van der Waals surface area contributed by atoms with E-state index in [1.807, 2.05) is 18.7 Å². The molecule has 0 rings (SSSR count). The number of nitrogens with zero attached hydrogens (tertiary/aromatic N) is 2. The zero-order valence-corrected chi connectivity index (χ0v) is 9.38. The molecule has 0 unspecified atom stereocenters. The Morgan fingerprint density at radius 1 is 1.47 bits per heavy atom. The lowest BCUT2D eigenvalue weighted by atomic mass is 10.5. The SMILES string of the molecule is C=CCN=C(NNC(=N)N)N(CC)CC. The van der Waals surface area contributed by atoms with Crippen molar-refractivity contribution < 1.29 is 0 Å². The Morgan fingerprint density at radius 2 is 2.07 bits per heavy atom. The van der Waals surface area contributed by atoms with E-state index in [-0.39, 0.29) is 5.96 Å². The molecule has 0 radical (unpaired) electrons. The Labute approximate surface area is 90.7 Å². The average Bonchev–Trinajstić information content (AvgIpc) is 2.22. The second kappa shape index (κ2) is 7.66. The fourth-order valence-corrected chi connectivity index (χ4v) is 1.02. The van der Waals surface area contributed by atoms with Crippen molar-refractivity contribution in [3.05, 3.63) is 12.7 Å². The molecular weight excluding hydrogens is 192 g/mol. The van der Waals surface area contributed by atoms with Crippen LogP contribution in [0.5, 0.6) is 0 Å². The fraction of sp³-hybridized carbons (Fsp3) is 0.556. The highest BCUT2D eigenvalue weighted by Crippen LogP contribution is 1.88. The van der Waals surface area contributed by atoms with Gasteiger partial charge in [-0.15, -0.1) is 6.58 Å². The van der Waals surface area contributed by atoms with Crippen LogP contribution in [0.4, 0.5) is 0 Å². The Hall–Kier alpha value is -1.72. The van der Waals surface area contributed by atoms with Gasteiger partial charge in [-0.3, -0.25) is 16.3 Å². The van der Waals surface area contributed by atoms with Gasteiger partial charge in [-0.25, -0.2) is 4.99 Å². The van der Waals surface area contributed by atoms with Crippen LogP contribution in [0.2, 0.25) is 0 Å². The second-order valence-electron chi connectivity index (χ2n) is 2.79. The van der Waals surface area contributed by atoms with E-state index in [4.69, 9.17) is 11.1 Å². The van der Waals surface area contributed by atoms with Gasteiger partial charge < -0.3 is 10.6 Å². The molecular formula is C9H20N6. The van der Waals surface area contributed by atoms with E-state index in [0.717, 1.165) is 13.1 Å². The van der Waals surface area contributed by atoms with Crippen molar-refractivity contribution in [3.8, 4) is 0 Å². The van der Waals surface area contributed by atoms with Crippen LogP contribution >= 0.6 is 0 Å². The summed E-state index contributed by atoms with van der Waals surface area (Å²) in [5, 5.41) is 7.03. The predicted octanol–water partition coefficient (Wildman–Crippen LogP) is -0.142. The van der Waals surface area contributed by atoms with Crippen LogP contribution in [0.15, 0.2) is 17.6 Å². The summed E-state index contributed by atoms with van der Waals surface area (Å²) in [5.74, 6) is 0.517. The summed E-state index contributed by atoms with van der Waals surface area (Å²) in [4.78, 5) is 6.27. The van der Waals surface area contributed by atoms with E-state index < -0.39 is 0 Å². The molecule has 0 aliphatic carbocycles. The minimum atomic E-state index is -0.145. The summed E-state index contributed by atoms with van der Waals surface area (Å²) in [7, 11) is 0. The number of hydrogen-bond donors (Lipinski definition) is 4. The van der Waals surface area contributed by atoms with Crippen molar-refractivity contribution in [2.24, 2.45) is 10.7 Å². The highest BCUT2D eigenvalue weighted by Gasteiger charge is 2.05. The molecule has 0 atom stereocenters. The van der Waals surface area contributed by atoms with Crippen LogP contribution < -0.4 is 16.6 Å². The van der Waals surface area contributed by atoms with E-state index in [1.54, 1.807) is 6.08 Å². The van der Waals surface area contributed by atoms with Gasteiger partial charge in [0.1, 0.15) is 0 Å². The van der Waals surface area contributed by atoms with Crippen molar-refractivity contribution in [2.75, 3.05) is 19.6 Å². The van der Waals surface area contributed by atoms with Gasteiger partial charge in [0, 0.05) is 13.1 Å². The van der Waals surface area contributed by atoms with Crippen molar-refractivity contribution in [1.29, 1.82) is 5.41 Å². The number of rotatable bonds is 4. The van der Waals surface area contributed by atoms with Crippen LogP contribution in [-0.4, -0.2) is 36.5 Å². The third kappa shape index (κ3) is 5.56. The molecule has 0 saturated heterocycles. The van der Waals surface area contributed by atoms with Crippen molar-refractivity contribution in [1.82, 2.24) is 15.8 Å². The summed E-state index contributed by atoms with van der Waals surface area (Å²) in [6.45, 7) is 9.85. The van der Waals surface area contributed by atoms with Crippen LogP contribution in [-0.2, 0) is 0 Å². The summed E-state index contributed by atoms with van der Waals surface area (Å²) < 4.78 is 0. The maximum Gasteiger partial charge on any atom is 0.213 e. The molecule has 0 fully saturated rings. The first-order chi connectivity index (χ1) is 7.15. The molecule has 0 saturated carbocycles. The van der Waals surface area contributed by atoms with Crippen molar-refractivity contribution in [3.63, 3.8) is 0 Å². The van der Waals surface area contributed by atoms with Crippen LogP contribution in [0.25, 0.3) is 0 Å². The molecule has 6 heteroatoms. The van der Waals surface area contributed by atoms with Gasteiger partial charge >= 0.3 is 0 Å². The molecule has 15 heavy (non-hydrogen) atoms. The highest BCUT2D eigenvalue weighted by molar-refractivity contribution is 5.83. The first-order valence-electron chi connectivity index (χ1n) is 4.92. The normalized spacial score (nSPS) is 10.7. The molecule has 0 aliphatic rings. The second-order valence-corrected chi connectivity index (χ2v) is 2.79. The standard InChI is InChI=1S/C9H20N6/c1-4-7-12-9(14-13-8(10)11)15(5-2)6-3/h4H,1,5-7H2,2-3H3,(H,12,14)(H4,10,11,13). The monoisotopic (exact) mass is 212 g/mol. The first-order valence-corrected chi connectivity index (χ1v) is 4.92. The summed E-state index contributed by atoms with van der Waals surface area (Å²) in [5.41, 5.74) is 10.5. The topological polar surface area (TPSA) is 89.5 Å². The van der Waals surface area contributed by atoms with Gasteiger partial charge in [-0.1, -0.05) is 6.08 Å². The Kier molecular flexibility index (Phi) is 6.78. The van der Waals surface area contributed by atoms with Gasteiger partial charge in [0.15, 0.2) is 0 Å². The number of guanidine groups is 2. The summed E-state index contributed by atoms with van der Waals surface area (Å²) in [6.07, 6.45) is 1.71. The third-order valence-corrected chi connectivity index (χ3v) is 1.74. The maximum absolute atomic E-state index is 7.03. The largest absolute Gasteiger partial charge is 0.369 e. The first kappa shape index (κ1) is 13.3. The lowest BCUT2D eigenvalue weighted by molar-refractivity contribution is 0.441. The number of nitrogens with one attached hydrogen (secondary N) is 3. The van der Waals surface area contributed by atoms with E-state index in [1.165, 1.54) is 0 Å². The van der Waals surface area contributed by atoms with Crippen molar-refractivity contribution in [2.45, 2.75) is 13.8 Å². The number of aliphatic imine (C=N–C) groups is 1. The Morgan fingerprint density at radius 3 is 2.47 bits per heavy atom. The van der Waals surface area contributed by atoms with Gasteiger partial charge in [-0.2, -0.15) is 0 Å². The molecule has 0 amide bonds. The molecule has 0 aromatic rings. The summed E-state index contributed by atoms with van der Waals surface area (Å²) >= 11 is 0. The molecule has 0 bridgehead atoms. The minimum Gasteiger partial charge on any atom is -0.369 e. The molecule has 0 aromatic heterocycles. The highest BCUT2D eigenvalue weighted by atomic mass is 15.5. The van der Waals surface area contributed by atoms with Crippen LogP contribution in [0.3, 0.4) is 0 Å². The molecule has 5 N–H and O–H groups in total. The smallest absolute Gasteiger partial charge is 0.213 e. The molecule has 0 aromatic carbocycles. The molecule has 0 spiro atoms. The maximum atomic E-state index is 7.03. The van der Waals surface area contributed by atoms with E-state index in [2.05, 4.69) is 22.4 Å². The third-order valence-electron chi connectivity index (χ3n) is 1.74. The van der Waals surface area contributed by atoms with Gasteiger partial charge in [0.25, 0.3) is 0 Å². The molecule has 6 nitrogen and oxygen atoms in total. The number of nitrogens with two attached hydrogens (primary N) is 1. The van der Waals surface area contributed by atoms with E-state index in [0.29, 0.717) is 12.5 Å². The molecule has 0 aliphatic heterocycles. The zero-order valence-electron chi connectivity index (χ0n) is 9.38. The van der Waals surface area contributed by atoms with Gasteiger partial charge in [0.2, 0.25) is 11.9 Å². The minimum absolute atomic E-state index is 0.145. The lowest BCUT2D eigenvalue weighted by Crippen LogP contribution is -2.51. The average molecular weight is 212 g/mol. The van der Waals surface area contributed by atoms with E-state index >= 15 is 0 Å². The molecule has 86 valence electrons. The van der Waals surface area contributed by atoms with Gasteiger partial charge in [-0.05, 0) is 13.8 Å². The summed E-state index contributed by atoms with van der Waals surface area (Å²) in [6, 6.07) is 0. The van der Waals surface area contributed by atoms with E-state index in [9.17, 15) is 0 Å². The Bertz CT molecular complexity index is 231. The Balaban J connectivity index is 4.41. The lowest BCUT2D eigenvalue weighted by Gasteiger charge is -2.23.